The fraction of sp³-hybridized carbons (Fsp3) is 0.273. The molecule has 1 saturated heterocycles. The minimum Gasteiger partial charge on any atom is -0.420 e. The van der Waals surface area contributed by atoms with Gasteiger partial charge in [0.2, 0.25) is 5.78 Å². The highest BCUT2D eigenvalue weighted by Crippen LogP contribution is 2.27. The van der Waals surface area contributed by atoms with Crippen LogP contribution < -0.4 is 10.6 Å². The Kier molecular flexibility index (Phi) is 5.84. The number of oxazole rings is 1. The number of ketones is 1. The molecular weight excluding hydrogens is 382 g/mol. The Morgan fingerprint density at radius 3 is 2.70 bits per heavy atom. The van der Waals surface area contributed by atoms with E-state index < -0.39 is 0 Å². The molecular formula is C22H21N5O3. The average molecular weight is 403 g/mol. The summed E-state index contributed by atoms with van der Waals surface area (Å²) < 4.78 is 11.1. The van der Waals surface area contributed by atoms with Gasteiger partial charge in [-0.3, -0.25) is 9.78 Å². The standard InChI is InChI=1S/C22H21N5O3/c23-6-5-15-2-4-19(25-13-15)17-3-1-16(12-24)11-18(17)21(28)20-14-26-22(30-20)27-7-9-29-10-8-27/h1-4,11,13-14H,5-10,23H2. The molecule has 0 atom stereocenters. The van der Waals surface area contributed by atoms with Gasteiger partial charge in [0.25, 0.3) is 6.01 Å². The van der Waals surface area contributed by atoms with Crippen molar-refractivity contribution in [2.24, 2.45) is 5.73 Å². The molecule has 8 nitrogen and oxygen atoms in total. The molecule has 3 heterocycles. The Morgan fingerprint density at radius 2 is 2.00 bits per heavy atom. The van der Waals surface area contributed by atoms with E-state index in [0.717, 1.165) is 12.0 Å². The van der Waals surface area contributed by atoms with Gasteiger partial charge in [-0.15, -0.1) is 0 Å². The lowest BCUT2D eigenvalue weighted by molar-refractivity contribution is 0.101. The summed E-state index contributed by atoms with van der Waals surface area (Å²) in [5.74, 6) is -0.227. The summed E-state index contributed by atoms with van der Waals surface area (Å²) in [4.78, 5) is 23.9. The summed E-state index contributed by atoms with van der Waals surface area (Å²) in [6, 6.07) is 11.2. The Balaban J connectivity index is 1.68. The van der Waals surface area contributed by atoms with Gasteiger partial charge in [-0.2, -0.15) is 5.26 Å². The number of morpholine rings is 1. The van der Waals surface area contributed by atoms with Gasteiger partial charge in [0, 0.05) is 30.4 Å². The summed E-state index contributed by atoms with van der Waals surface area (Å²) in [6.07, 6.45) is 3.90. The van der Waals surface area contributed by atoms with Crippen molar-refractivity contribution >= 4 is 11.8 Å². The summed E-state index contributed by atoms with van der Waals surface area (Å²) in [7, 11) is 0. The summed E-state index contributed by atoms with van der Waals surface area (Å²) in [5, 5.41) is 9.30. The van der Waals surface area contributed by atoms with Gasteiger partial charge in [0.15, 0.2) is 5.76 Å². The van der Waals surface area contributed by atoms with E-state index in [1.807, 2.05) is 17.0 Å². The molecule has 4 rings (SSSR count). The number of nitrogens with two attached hydrogens (primary N) is 1. The molecule has 0 radical (unpaired) electrons. The van der Waals surface area contributed by atoms with Gasteiger partial charge in [0.1, 0.15) is 0 Å². The highest BCUT2D eigenvalue weighted by atomic mass is 16.5. The van der Waals surface area contributed by atoms with E-state index in [4.69, 9.17) is 14.9 Å². The number of pyridine rings is 1. The van der Waals surface area contributed by atoms with Gasteiger partial charge >= 0.3 is 0 Å². The third-order valence-corrected chi connectivity index (χ3v) is 4.93. The lowest BCUT2D eigenvalue weighted by Crippen LogP contribution is -2.36. The van der Waals surface area contributed by atoms with Crippen molar-refractivity contribution < 1.29 is 13.9 Å². The number of ether oxygens (including phenoxy) is 1. The van der Waals surface area contributed by atoms with Crippen LogP contribution in [0.4, 0.5) is 6.01 Å². The first-order valence-electron chi connectivity index (χ1n) is 9.72. The fourth-order valence-electron chi connectivity index (χ4n) is 3.33. The predicted octanol–water partition coefficient (Wildman–Crippen LogP) is 2.18. The largest absolute Gasteiger partial charge is 0.420 e. The molecule has 0 amide bonds. The van der Waals surface area contributed by atoms with E-state index in [-0.39, 0.29) is 11.5 Å². The first kappa shape index (κ1) is 19.8. The SMILES string of the molecule is N#Cc1ccc(-c2ccc(CCN)cn2)c(C(=O)c2cnc(N3CCOCC3)o2)c1. The number of hydrogen-bond acceptors (Lipinski definition) is 8. The van der Waals surface area contributed by atoms with Crippen molar-refractivity contribution in [2.45, 2.75) is 6.42 Å². The van der Waals surface area contributed by atoms with Crippen LogP contribution in [0.1, 0.15) is 27.2 Å². The number of nitriles is 1. The van der Waals surface area contributed by atoms with Gasteiger partial charge < -0.3 is 19.8 Å². The molecule has 1 aliphatic heterocycles. The third-order valence-electron chi connectivity index (χ3n) is 4.93. The Hall–Kier alpha value is -3.54. The first-order chi connectivity index (χ1) is 14.7. The minimum absolute atomic E-state index is 0.118. The van der Waals surface area contributed by atoms with Crippen molar-refractivity contribution in [1.82, 2.24) is 9.97 Å². The second kappa shape index (κ2) is 8.86. The smallest absolute Gasteiger partial charge is 0.298 e. The molecule has 152 valence electrons. The van der Waals surface area contributed by atoms with Crippen LogP contribution in [0.3, 0.4) is 0 Å². The molecule has 8 heteroatoms. The monoisotopic (exact) mass is 403 g/mol. The van der Waals surface area contributed by atoms with E-state index >= 15 is 0 Å². The van der Waals surface area contributed by atoms with Gasteiger partial charge in [-0.25, -0.2) is 4.98 Å². The molecule has 0 bridgehead atoms. The fourth-order valence-corrected chi connectivity index (χ4v) is 3.33. The molecule has 0 aliphatic carbocycles. The highest BCUT2D eigenvalue weighted by molar-refractivity contribution is 6.11. The van der Waals surface area contributed by atoms with E-state index in [1.165, 1.54) is 6.20 Å². The topological polar surface area (TPSA) is 118 Å². The van der Waals surface area contributed by atoms with Crippen LogP contribution in [-0.2, 0) is 11.2 Å². The number of anilines is 1. The van der Waals surface area contributed by atoms with E-state index in [0.29, 0.717) is 61.2 Å². The molecule has 0 saturated carbocycles. The minimum atomic E-state index is -0.345. The highest BCUT2D eigenvalue weighted by Gasteiger charge is 2.23. The summed E-state index contributed by atoms with van der Waals surface area (Å²) >= 11 is 0. The van der Waals surface area contributed by atoms with Crippen LogP contribution in [0.2, 0.25) is 0 Å². The second-order valence-electron chi connectivity index (χ2n) is 6.90. The molecule has 0 spiro atoms. The average Bonchev–Trinajstić information content (AvgIpc) is 3.30. The van der Waals surface area contributed by atoms with Crippen molar-refractivity contribution in [1.29, 1.82) is 5.26 Å². The molecule has 30 heavy (non-hydrogen) atoms. The lowest BCUT2D eigenvalue weighted by atomic mass is 9.97. The van der Waals surface area contributed by atoms with Crippen LogP contribution in [0, 0.1) is 11.3 Å². The van der Waals surface area contributed by atoms with Crippen molar-refractivity contribution in [3.05, 3.63) is 65.2 Å². The van der Waals surface area contributed by atoms with Crippen molar-refractivity contribution in [2.75, 3.05) is 37.7 Å². The number of carbonyl (C=O) groups excluding carboxylic acids is 1. The molecule has 3 aromatic rings. The number of nitrogens with zero attached hydrogens (tertiary/aromatic N) is 4. The second-order valence-corrected chi connectivity index (χ2v) is 6.90. The normalized spacial score (nSPS) is 13.8. The Bertz CT molecular complexity index is 1080. The van der Waals surface area contributed by atoms with Crippen molar-refractivity contribution in [3.8, 4) is 17.3 Å². The van der Waals surface area contributed by atoms with Gasteiger partial charge in [-0.05, 0) is 36.7 Å². The molecule has 1 aliphatic rings. The maximum absolute atomic E-state index is 13.2. The lowest BCUT2D eigenvalue weighted by Gasteiger charge is -2.24. The van der Waals surface area contributed by atoms with Crippen LogP contribution in [0.5, 0.6) is 0 Å². The molecule has 1 fully saturated rings. The van der Waals surface area contributed by atoms with Crippen LogP contribution >= 0.6 is 0 Å². The molecule has 2 N–H and O–H groups in total. The number of aromatic nitrogens is 2. The molecule has 1 aromatic carbocycles. The van der Waals surface area contributed by atoms with Crippen LogP contribution in [0.25, 0.3) is 11.3 Å². The quantitative estimate of drug-likeness (QED) is 0.622. The maximum atomic E-state index is 13.2. The van der Waals surface area contributed by atoms with E-state index in [2.05, 4.69) is 16.0 Å². The molecule has 0 unspecified atom stereocenters. The Labute approximate surface area is 173 Å². The summed E-state index contributed by atoms with van der Waals surface area (Å²) in [6.45, 7) is 3.03. The van der Waals surface area contributed by atoms with Gasteiger partial charge in [0.05, 0.1) is 36.7 Å². The zero-order valence-electron chi connectivity index (χ0n) is 16.4. The number of carbonyl (C=O) groups is 1. The number of benzene rings is 1. The number of rotatable bonds is 6. The third kappa shape index (κ3) is 4.08. The zero-order chi connectivity index (χ0) is 20.9. The van der Waals surface area contributed by atoms with Crippen molar-refractivity contribution in [3.63, 3.8) is 0 Å². The van der Waals surface area contributed by atoms with E-state index in [9.17, 15) is 10.1 Å². The number of hydrogen-bond donors (Lipinski definition) is 1. The zero-order valence-corrected chi connectivity index (χ0v) is 16.4. The van der Waals surface area contributed by atoms with Gasteiger partial charge in [-0.1, -0.05) is 12.1 Å². The molecule has 2 aromatic heterocycles. The van der Waals surface area contributed by atoms with Crippen LogP contribution in [0.15, 0.2) is 47.1 Å². The predicted molar refractivity (Wildman–Crippen MR) is 110 cm³/mol. The van der Waals surface area contributed by atoms with Crippen LogP contribution in [-0.4, -0.2) is 48.6 Å². The summed E-state index contributed by atoms with van der Waals surface area (Å²) in [5.41, 5.74) is 8.61. The van der Waals surface area contributed by atoms with E-state index in [1.54, 1.807) is 24.4 Å². The maximum Gasteiger partial charge on any atom is 0.298 e. The first-order valence-corrected chi connectivity index (χ1v) is 9.72. The Morgan fingerprint density at radius 1 is 1.17 bits per heavy atom.